The van der Waals surface area contributed by atoms with E-state index in [0.717, 1.165) is 17.7 Å². The molecule has 1 saturated carbocycles. The van der Waals surface area contributed by atoms with Gasteiger partial charge in [0.2, 0.25) is 5.95 Å². The van der Waals surface area contributed by atoms with Crippen molar-refractivity contribution in [1.82, 2.24) is 19.9 Å². The molecule has 0 aliphatic heterocycles. The number of pyridine rings is 1. The van der Waals surface area contributed by atoms with E-state index in [1.54, 1.807) is 36.7 Å². The zero-order valence-electron chi connectivity index (χ0n) is 19.3. The summed E-state index contributed by atoms with van der Waals surface area (Å²) >= 11 is 7.49. The fourth-order valence-electron chi connectivity index (χ4n) is 3.97. The molecular formula is C26H24ClFN6OS. The average molecular weight is 523 g/mol. The Labute approximate surface area is 218 Å². The summed E-state index contributed by atoms with van der Waals surface area (Å²) in [6.45, 7) is 0. The SMILES string of the molecule is Fc1cc(NSc2ccccc2Cl)ccc1Oc1ccncc1-c1ncnc(NC2CCCCC2)n1. The zero-order chi connectivity index (χ0) is 24.7. The maximum absolute atomic E-state index is 14.9. The van der Waals surface area contributed by atoms with Crippen LogP contribution in [0.1, 0.15) is 32.1 Å². The molecular weight excluding hydrogens is 499 g/mol. The van der Waals surface area contributed by atoms with E-state index < -0.39 is 5.82 Å². The van der Waals surface area contributed by atoms with Crippen molar-refractivity contribution in [3.8, 4) is 22.9 Å². The molecule has 1 aliphatic carbocycles. The van der Waals surface area contributed by atoms with Crippen molar-refractivity contribution in [2.24, 2.45) is 0 Å². The van der Waals surface area contributed by atoms with Crippen molar-refractivity contribution in [1.29, 1.82) is 0 Å². The summed E-state index contributed by atoms with van der Waals surface area (Å²) in [6, 6.07) is 14.1. The van der Waals surface area contributed by atoms with Gasteiger partial charge in [-0.25, -0.2) is 14.4 Å². The molecule has 5 rings (SSSR count). The van der Waals surface area contributed by atoms with Gasteiger partial charge in [0.1, 0.15) is 12.1 Å². The van der Waals surface area contributed by atoms with Gasteiger partial charge in [-0.2, -0.15) is 4.98 Å². The lowest BCUT2D eigenvalue weighted by Crippen LogP contribution is -2.23. The molecule has 0 radical (unpaired) electrons. The summed E-state index contributed by atoms with van der Waals surface area (Å²) in [7, 11) is 0. The Balaban J connectivity index is 1.31. The number of nitrogens with zero attached hydrogens (tertiary/aromatic N) is 4. The van der Waals surface area contributed by atoms with Crippen LogP contribution in [0.2, 0.25) is 5.02 Å². The molecule has 4 aromatic rings. The van der Waals surface area contributed by atoms with Crippen LogP contribution in [-0.2, 0) is 0 Å². The molecule has 2 aromatic heterocycles. The van der Waals surface area contributed by atoms with Crippen LogP contribution in [-0.4, -0.2) is 26.0 Å². The van der Waals surface area contributed by atoms with Gasteiger partial charge in [-0.05, 0) is 55.1 Å². The van der Waals surface area contributed by atoms with Crippen LogP contribution in [0.3, 0.4) is 0 Å². The van der Waals surface area contributed by atoms with Gasteiger partial charge < -0.3 is 14.8 Å². The maximum atomic E-state index is 14.9. The molecule has 0 spiro atoms. The number of benzene rings is 2. The van der Waals surface area contributed by atoms with Gasteiger partial charge in [-0.1, -0.05) is 43.0 Å². The van der Waals surface area contributed by atoms with E-state index >= 15 is 0 Å². The second kappa shape index (κ2) is 11.5. The second-order valence-corrected chi connectivity index (χ2v) is 9.62. The number of anilines is 2. The van der Waals surface area contributed by atoms with Crippen molar-refractivity contribution in [2.45, 2.75) is 43.0 Å². The molecule has 0 bridgehead atoms. The Morgan fingerprint density at radius 2 is 1.86 bits per heavy atom. The minimum absolute atomic E-state index is 0.0744. The average Bonchev–Trinajstić information content (AvgIpc) is 2.91. The molecule has 1 fully saturated rings. The first kappa shape index (κ1) is 24.3. The number of nitrogens with one attached hydrogen (secondary N) is 2. The van der Waals surface area contributed by atoms with Crippen LogP contribution in [0.15, 0.2) is 72.1 Å². The Morgan fingerprint density at radius 3 is 2.69 bits per heavy atom. The molecule has 10 heteroatoms. The van der Waals surface area contributed by atoms with Gasteiger partial charge in [0.25, 0.3) is 0 Å². The van der Waals surface area contributed by atoms with Crippen LogP contribution in [0.5, 0.6) is 11.5 Å². The highest BCUT2D eigenvalue weighted by Gasteiger charge is 2.17. The number of aromatic nitrogens is 4. The van der Waals surface area contributed by atoms with Crippen LogP contribution in [0.25, 0.3) is 11.4 Å². The molecule has 0 atom stereocenters. The highest BCUT2D eigenvalue weighted by molar-refractivity contribution is 8.00. The second-order valence-electron chi connectivity index (χ2n) is 8.37. The quantitative estimate of drug-likeness (QED) is 0.232. The number of halogens is 2. The molecule has 2 aromatic carbocycles. The van der Waals surface area contributed by atoms with E-state index in [0.29, 0.717) is 39.8 Å². The summed E-state index contributed by atoms with van der Waals surface area (Å²) in [5, 5.41) is 4.02. The number of ether oxygens (including phenoxy) is 1. The van der Waals surface area contributed by atoms with Crippen molar-refractivity contribution < 1.29 is 9.13 Å². The minimum atomic E-state index is -0.516. The van der Waals surface area contributed by atoms with Gasteiger partial charge in [-0.15, -0.1) is 0 Å². The Morgan fingerprint density at radius 1 is 1.00 bits per heavy atom. The fraction of sp³-hybridized carbons (Fsp3) is 0.231. The third-order valence-electron chi connectivity index (χ3n) is 5.80. The molecule has 0 unspecified atom stereocenters. The maximum Gasteiger partial charge on any atom is 0.226 e. The molecule has 0 saturated heterocycles. The smallest absolute Gasteiger partial charge is 0.226 e. The Kier molecular flexibility index (Phi) is 7.78. The van der Waals surface area contributed by atoms with Crippen molar-refractivity contribution in [2.75, 3.05) is 10.0 Å². The minimum Gasteiger partial charge on any atom is -0.453 e. The van der Waals surface area contributed by atoms with Crippen LogP contribution in [0, 0.1) is 5.82 Å². The van der Waals surface area contributed by atoms with Gasteiger partial charge in [0.15, 0.2) is 17.4 Å². The topological polar surface area (TPSA) is 84.8 Å². The monoisotopic (exact) mass is 522 g/mol. The first-order valence-corrected chi connectivity index (χ1v) is 12.9. The summed E-state index contributed by atoms with van der Waals surface area (Å²) in [5.74, 6) is 0.869. The largest absolute Gasteiger partial charge is 0.453 e. The number of hydrogen-bond donors (Lipinski definition) is 2. The standard InChI is InChI=1S/C26H24ClFN6OS/c27-20-8-4-5-9-24(20)36-34-18-10-11-23(21(28)14-18)35-22-12-13-29-15-19(22)25-30-16-31-26(33-25)32-17-6-2-1-3-7-17/h4-5,8-17,34H,1-3,6-7H2,(H,30,31,32,33). The van der Waals surface area contributed by atoms with Crippen LogP contribution < -0.4 is 14.8 Å². The predicted octanol–water partition coefficient (Wildman–Crippen LogP) is 7.38. The van der Waals surface area contributed by atoms with Crippen molar-refractivity contribution >= 4 is 35.2 Å². The molecule has 0 amide bonds. The summed E-state index contributed by atoms with van der Waals surface area (Å²) in [6.07, 6.45) is 10.5. The highest BCUT2D eigenvalue weighted by atomic mass is 35.5. The third kappa shape index (κ3) is 6.03. The van der Waals surface area contributed by atoms with Gasteiger partial charge in [-0.3, -0.25) is 4.98 Å². The number of hydrogen-bond acceptors (Lipinski definition) is 8. The molecule has 184 valence electrons. The molecule has 7 nitrogen and oxygen atoms in total. The van der Waals surface area contributed by atoms with E-state index in [1.165, 1.54) is 43.6 Å². The van der Waals surface area contributed by atoms with Crippen molar-refractivity contribution in [3.05, 3.63) is 78.1 Å². The van der Waals surface area contributed by atoms with Gasteiger partial charge >= 0.3 is 0 Å². The Hall–Kier alpha value is -3.43. The lowest BCUT2D eigenvalue weighted by molar-refractivity contribution is 0.443. The summed E-state index contributed by atoms with van der Waals surface area (Å²) < 4.78 is 24.0. The van der Waals surface area contributed by atoms with E-state index in [1.807, 2.05) is 18.2 Å². The molecule has 36 heavy (non-hydrogen) atoms. The molecule has 1 aliphatic rings. The summed E-state index contributed by atoms with van der Waals surface area (Å²) in [5.41, 5.74) is 1.12. The van der Waals surface area contributed by atoms with E-state index in [4.69, 9.17) is 16.3 Å². The highest BCUT2D eigenvalue weighted by Crippen LogP contribution is 2.34. The van der Waals surface area contributed by atoms with Crippen molar-refractivity contribution in [3.63, 3.8) is 0 Å². The lowest BCUT2D eigenvalue weighted by Gasteiger charge is -2.22. The molecule has 2 heterocycles. The van der Waals surface area contributed by atoms with E-state index in [9.17, 15) is 4.39 Å². The third-order valence-corrected chi connectivity index (χ3v) is 7.15. The van der Waals surface area contributed by atoms with Gasteiger partial charge in [0, 0.05) is 35.1 Å². The predicted molar refractivity (Wildman–Crippen MR) is 141 cm³/mol. The van der Waals surface area contributed by atoms with Crippen LogP contribution >= 0.6 is 23.5 Å². The van der Waals surface area contributed by atoms with Crippen LogP contribution in [0.4, 0.5) is 16.0 Å². The zero-order valence-corrected chi connectivity index (χ0v) is 20.9. The number of rotatable bonds is 8. The first-order chi connectivity index (χ1) is 17.7. The van der Waals surface area contributed by atoms with Gasteiger partial charge in [0.05, 0.1) is 10.6 Å². The fourth-order valence-corrected chi connectivity index (χ4v) is 4.89. The van der Waals surface area contributed by atoms with E-state index in [-0.39, 0.29) is 5.75 Å². The normalized spacial score (nSPS) is 13.8. The summed E-state index contributed by atoms with van der Waals surface area (Å²) in [4.78, 5) is 18.2. The van der Waals surface area contributed by atoms with E-state index in [2.05, 4.69) is 30.0 Å². The first-order valence-electron chi connectivity index (χ1n) is 11.7. The Bertz CT molecular complexity index is 1340. The molecule has 2 N–H and O–H groups in total. The lowest BCUT2D eigenvalue weighted by atomic mass is 9.96.